The van der Waals surface area contributed by atoms with Gasteiger partial charge in [-0.25, -0.2) is 4.57 Å². The average Bonchev–Trinajstić information content (AvgIpc) is 2.40. The van der Waals surface area contributed by atoms with Gasteiger partial charge in [0.2, 0.25) is 0 Å². The molecule has 0 saturated carbocycles. The zero-order chi connectivity index (χ0) is 17.3. The van der Waals surface area contributed by atoms with Gasteiger partial charge in [0.05, 0.1) is 0 Å². The predicted octanol–water partition coefficient (Wildman–Crippen LogP) is 0.902. The van der Waals surface area contributed by atoms with Crippen LogP contribution in [0, 0.1) is 0 Å². The summed E-state index contributed by atoms with van der Waals surface area (Å²) >= 11 is 0. The summed E-state index contributed by atoms with van der Waals surface area (Å²) in [7, 11) is -4.64. The van der Waals surface area contributed by atoms with Gasteiger partial charge in [-0.05, 0) is 0 Å². The Morgan fingerprint density at radius 2 is 1.00 bits per heavy atom. The number of hydrogen-bond donors (Lipinski definition) is 3. The maximum absolute atomic E-state index is 11.6. The molecule has 1 atom stereocenters. The van der Waals surface area contributed by atoms with E-state index in [1.54, 1.807) is 0 Å². The zero-order valence-electron chi connectivity index (χ0n) is 15.4. The fourth-order valence-electron chi connectivity index (χ4n) is 2.27. The van der Waals surface area contributed by atoms with Crippen LogP contribution in [-0.4, -0.2) is 20.8 Å². The molecule has 0 heterocycles. The summed E-state index contributed by atoms with van der Waals surface area (Å²) in [5, 5.41) is 11.6. The molecule has 0 radical (unpaired) electrons. The van der Waals surface area contributed by atoms with E-state index in [4.69, 9.17) is 19.2 Å². The van der Waals surface area contributed by atoms with E-state index in [2.05, 4.69) is 13.8 Å². The van der Waals surface area contributed by atoms with Crippen LogP contribution in [0.15, 0.2) is 0 Å². The van der Waals surface area contributed by atoms with Crippen LogP contribution in [0.1, 0.15) is 97.3 Å². The van der Waals surface area contributed by atoms with Crippen molar-refractivity contribution in [2.24, 2.45) is 0 Å². The van der Waals surface area contributed by atoms with E-state index in [1.165, 1.54) is 57.8 Å². The monoisotopic (exact) mass is 362 g/mol. The van der Waals surface area contributed by atoms with Crippen LogP contribution in [0.2, 0.25) is 0 Å². The normalized spacial score (nSPS) is 12.1. The molecule has 0 amide bonds. The molecular formula is C16H36NaO5P. The summed E-state index contributed by atoms with van der Waals surface area (Å²) in [5.41, 5.74) is 0. The summed E-state index contributed by atoms with van der Waals surface area (Å²) in [6.07, 6.45) is 15.7. The van der Waals surface area contributed by atoms with Gasteiger partial charge in [0.1, 0.15) is 0 Å². The molecule has 0 aromatic carbocycles. The van der Waals surface area contributed by atoms with Gasteiger partial charge in [-0.2, -0.15) is 0 Å². The molecule has 0 fully saturated rings. The Bertz CT molecular complexity index is 253. The quantitative estimate of drug-likeness (QED) is 0.257. The summed E-state index contributed by atoms with van der Waals surface area (Å²) in [4.78, 5) is 21.6. The molecule has 0 rings (SSSR count). The summed E-state index contributed by atoms with van der Waals surface area (Å²) in [6.45, 7) is 4.47. The van der Waals surface area contributed by atoms with Gasteiger partial charge in [-0.15, -0.1) is 6.10 Å². The first-order valence-corrected chi connectivity index (χ1v) is 10.3. The van der Waals surface area contributed by atoms with Gasteiger partial charge >= 0.3 is 37.4 Å². The molecule has 1 unspecified atom stereocenters. The molecule has 0 saturated heterocycles. The molecule has 0 bridgehead atoms. The second kappa shape index (κ2) is 21.1. The van der Waals surface area contributed by atoms with Crippen molar-refractivity contribution in [1.82, 2.24) is 0 Å². The van der Waals surface area contributed by atoms with Crippen LogP contribution in [0.5, 0.6) is 0 Å². The third-order valence-corrected chi connectivity index (χ3v) is 3.51. The molecule has 0 aliphatic heterocycles. The van der Waals surface area contributed by atoms with Gasteiger partial charge < -0.3 is 19.8 Å². The van der Waals surface area contributed by atoms with Crippen LogP contribution >= 0.6 is 7.82 Å². The number of hydrogen-bond acceptors (Lipinski definition) is 2. The van der Waals surface area contributed by atoms with Gasteiger partial charge in [0.15, 0.2) is 0 Å². The van der Waals surface area contributed by atoms with Crippen LogP contribution in [0.4, 0.5) is 0 Å². The zero-order valence-corrected chi connectivity index (χ0v) is 18.3. The van der Waals surface area contributed by atoms with Crippen LogP contribution in [-0.2, 0) is 4.57 Å². The van der Waals surface area contributed by atoms with Gasteiger partial charge in [0.25, 0.3) is 0 Å². The van der Waals surface area contributed by atoms with Gasteiger partial charge in [-0.1, -0.05) is 97.3 Å². The first-order chi connectivity index (χ1) is 10.3. The third kappa shape index (κ3) is 39.7. The molecule has 7 heteroatoms. The van der Waals surface area contributed by atoms with E-state index in [9.17, 15) is 5.11 Å². The number of phosphoric acid groups is 1. The van der Waals surface area contributed by atoms with Gasteiger partial charge in [-0.3, -0.25) is 0 Å². The first kappa shape index (κ1) is 28.9. The smallest absolute Gasteiger partial charge is 0.852 e. The van der Waals surface area contributed by atoms with Crippen LogP contribution < -0.4 is 34.7 Å². The maximum atomic E-state index is 11.6. The van der Waals surface area contributed by atoms with Crippen molar-refractivity contribution in [2.75, 3.05) is 0 Å². The third-order valence-electron chi connectivity index (χ3n) is 3.51. The minimum atomic E-state index is -4.64. The second-order valence-electron chi connectivity index (χ2n) is 5.89. The Hall–Kier alpha value is 1.07. The van der Waals surface area contributed by atoms with E-state index >= 15 is 0 Å². The Morgan fingerprint density at radius 3 is 1.30 bits per heavy atom. The largest absolute Gasteiger partial charge is 1.00 e. The van der Waals surface area contributed by atoms with Crippen molar-refractivity contribution >= 4 is 7.82 Å². The summed E-state index contributed by atoms with van der Waals surface area (Å²) in [5.74, 6) is 0. The molecular weight excluding hydrogens is 326 g/mol. The molecule has 5 nitrogen and oxygen atoms in total. The second-order valence-corrected chi connectivity index (χ2v) is 6.92. The van der Waals surface area contributed by atoms with E-state index in [0.29, 0.717) is 0 Å². The molecule has 0 aliphatic rings. The van der Waals surface area contributed by atoms with E-state index < -0.39 is 7.82 Å². The molecule has 0 aromatic rings. The molecule has 136 valence electrons. The Labute approximate surface area is 164 Å². The minimum Gasteiger partial charge on any atom is -0.852 e. The molecule has 0 aliphatic carbocycles. The van der Waals surface area contributed by atoms with Crippen LogP contribution in [0.25, 0.3) is 0 Å². The van der Waals surface area contributed by atoms with E-state index in [-0.39, 0.29) is 35.7 Å². The topological polar surface area (TPSA) is 101 Å². The molecule has 0 spiro atoms. The minimum absolute atomic E-state index is 0. The average molecular weight is 362 g/mol. The van der Waals surface area contributed by atoms with Gasteiger partial charge in [0, 0.05) is 0 Å². The Kier molecular flexibility index (Phi) is 26.5. The van der Waals surface area contributed by atoms with Crippen molar-refractivity contribution in [3.05, 3.63) is 0 Å². The standard InChI is InChI=1S/C16H33O.Na.H3O4P/c1-3-5-7-9-11-13-15-16(17)14-12-10-8-6-4-2;;1-5(2,3)4/h16H,3-15H2,1-2H3;;(H3,1,2,3,4)/q-1;+1;. The summed E-state index contributed by atoms with van der Waals surface area (Å²) in [6, 6.07) is 0. The number of rotatable bonds is 13. The predicted molar refractivity (Wildman–Crippen MR) is 89.4 cm³/mol. The fraction of sp³-hybridized carbons (Fsp3) is 1.00. The van der Waals surface area contributed by atoms with Crippen molar-refractivity contribution < 1.29 is 53.9 Å². The van der Waals surface area contributed by atoms with E-state index in [0.717, 1.165) is 25.7 Å². The van der Waals surface area contributed by atoms with E-state index in [1.807, 2.05) is 0 Å². The van der Waals surface area contributed by atoms with Crippen LogP contribution in [0.3, 0.4) is 0 Å². The Balaban J connectivity index is -0.000000578. The molecule has 0 aromatic heterocycles. The maximum Gasteiger partial charge on any atom is 1.00 e. The number of unbranched alkanes of at least 4 members (excludes halogenated alkanes) is 9. The van der Waals surface area contributed by atoms with Crippen molar-refractivity contribution in [2.45, 2.75) is 103 Å². The fourth-order valence-corrected chi connectivity index (χ4v) is 2.27. The first-order valence-electron chi connectivity index (χ1n) is 8.75. The molecule has 23 heavy (non-hydrogen) atoms. The summed E-state index contributed by atoms with van der Waals surface area (Å²) < 4.78 is 8.88. The van der Waals surface area contributed by atoms with Crippen molar-refractivity contribution in [3.8, 4) is 0 Å². The Morgan fingerprint density at radius 1 is 0.739 bits per heavy atom. The van der Waals surface area contributed by atoms with Crippen molar-refractivity contribution in [3.63, 3.8) is 0 Å². The molecule has 3 N–H and O–H groups in total. The van der Waals surface area contributed by atoms with Crippen molar-refractivity contribution in [1.29, 1.82) is 0 Å². The SMILES string of the molecule is CCCCCCCCC([O-])CCCCCCC.O=P(O)(O)O.[Na+].